The van der Waals surface area contributed by atoms with Crippen LogP contribution in [-0.2, 0) is 5.41 Å². The molecule has 270 valence electrons. The molecule has 0 unspecified atom stereocenters. The first kappa shape index (κ1) is 34.3. The van der Waals surface area contributed by atoms with Crippen LogP contribution in [0.25, 0.3) is 89.5 Å². The third-order valence-electron chi connectivity index (χ3n) is 11.6. The summed E-state index contributed by atoms with van der Waals surface area (Å²) in [6, 6.07) is 73.8. The van der Waals surface area contributed by atoms with Gasteiger partial charge >= 0.3 is 0 Å². The Balaban J connectivity index is 0.984. The fourth-order valence-corrected chi connectivity index (χ4v) is 8.37. The third kappa shape index (κ3) is 6.46. The van der Waals surface area contributed by atoms with Gasteiger partial charge in [0, 0.05) is 22.1 Å². The van der Waals surface area contributed by atoms with Crippen LogP contribution in [0.2, 0.25) is 0 Å². The summed E-state index contributed by atoms with van der Waals surface area (Å²) in [6.45, 7) is 4.68. The minimum absolute atomic E-state index is 0.0344. The van der Waals surface area contributed by atoms with E-state index in [0.29, 0.717) is 5.82 Å². The van der Waals surface area contributed by atoms with Crippen molar-refractivity contribution in [2.75, 3.05) is 0 Å². The Hall–Kier alpha value is -7.16. The smallest absolute Gasteiger partial charge is 0.160 e. The van der Waals surface area contributed by atoms with Crippen LogP contribution in [0.4, 0.5) is 0 Å². The fourth-order valence-electron chi connectivity index (χ4n) is 8.37. The molecule has 0 radical (unpaired) electrons. The van der Waals surface area contributed by atoms with Crippen molar-refractivity contribution in [1.29, 1.82) is 0 Å². The standard InChI is InChI=1S/C55H40N2/c1-55(2)50-19-10-9-18-48(50)49-33-32-47(35-51(49)55)46-17-11-16-45(34-46)41-22-28-43(29-23-41)53-36-52(42-26-20-39(21-27-42)37-12-5-3-6-13-37)56-54(57-53)44-30-24-40(25-31-44)38-14-7-4-8-15-38/h3-36H,1-2H3. The molecular weight excluding hydrogens is 689 g/mol. The summed E-state index contributed by atoms with van der Waals surface area (Å²) in [5.74, 6) is 0.701. The molecule has 0 amide bonds. The van der Waals surface area contributed by atoms with Gasteiger partial charge in [-0.1, -0.05) is 202 Å². The molecule has 8 aromatic carbocycles. The molecule has 2 heteroatoms. The summed E-state index contributed by atoms with van der Waals surface area (Å²) in [5, 5.41) is 0. The second-order valence-electron chi connectivity index (χ2n) is 15.4. The van der Waals surface area contributed by atoms with Crippen LogP contribution in [0, 0.1) is 0 Å². The molecule has 0 bridgehead atoms. The first-order valence-corrected chi connectivity index (χ1v) is 19.6. The van der Waals surface area contributed by atoms with E-state index < -0.39 is 0 Å². The first-order chi connectivity index (χ1) is 28.0. The predicted molar refractivity (Wildman–Crippen MR) is 238 cm³/mol. The van der Waals surface area contributed by atoms with Gasteiger partial charge in [0.2, 0.25) is 0 Å². The normalized spacial score (nSPS) is 12.5. The zero-order chi connectivity index (χ0) is 38.3. The van der Waals surface area contributed by atoms with Crippen molar-refractivity contribution >= 4 is 0 Å². The van der Waals surface area contributed by atoms with Crippen molar-refractivity contribution < 1.29 is 0 Å². The molecule has 1 aliphatic carbocycles. The van der Waals surface area contributed by atoms with Crippen LogP contribution in [-0.4, -0.2) is 9.97 Å². The Labute approximate surface area is 334 Å². The van der Waals surface area contributed by atoms with Gasteiger partial charge in [0.05, 0.1) is 11.4 Å². The largest absolute Gasteiger partial charge is 0.228 e. The molecule has 0 saturated carbocycles. The van der Waals surface area contributed by atoms with E-state index in [9.17, 15) is 0 Å². The van der Waals surface area contributed by atoms with Crippen molar-refractivity contribution in [3.8, 4) is 89.5 Å². The summed E-state index contributed by atoms with van der Waals surface area (Å²) < 4.78 is 0. The van der Waals surface area contributed by atoms with Crippen molar-refractivity contribution in [3.05, 3.63) is 217 Å². The highest BCUT2D eigenvalue weighted by molar-refractivity contribution is 5.85. The number of fused-ring (bicyclic) bond motifs is 3. The van der Waals surface area contributed by atoms with Crippen LogP contribution in [0.3, 0.4) is 0 Å². The second-order valence-corrected chi connectivity index (χ2v) is 15.4. The molecule has 0 fully saturated rings. The van der Waals surface area contributed by atoms with Crippen molar-refractivity contribution in [1.82, 2.24) is 9.97 Å². The highest BCUT2D eigenvalue weighted by atomic mass is 14.9. The number of benzene rings is 8. The van der Waals surface area contributed by atoms with Gasteiger partial charge in [-0.25, -0.2) is 9.97 Å². The Bertz CT molecular complexity index is 2770. The molecule has 2 nitrogen and oxygen atoms in total. The van der Waals surface area contributed by atoms with Gasteiger partial charge < -0.3 is 0 Å². The molecule has 9 aromatic rings. The lowest BCUT2D eigenvalue weighted by Gasteiger charge is -2.22. The summed E-state index contributed by atoms with van der Waals surface area (Å²) in [6.07, 6.45) is 0. The van der Waals surface area contributed by atoms with E-state index in [2.05, 4.69) is 208 Å². The van der Waals surface area contributed by atoms with E-state index in [1.165, 1.54) is 55.6 Å². The molecule has 0 aliphatic heterocycles. The van der Waals surface area contributed by atoms with Crippen molar-refractivity contribution in [2.24, 2.45) is 0 Å². The van der Waals surface area contributed by atoms with Crippen LogP contribution in [0.15, 0.2) is 206 Å². The van der Waals surface area contributed by atoms with Crippen LogP contribution >= 0.6 is 0 Å². The lowest BCUT2D eigenvalue weighted by Crippen LogP contribution is -2.14. The SMILES string of the molecule is CC1(C)c2ccccc2-c2ccc(-c3cccc(-c4ccc(-c5cc(-c6ccc(-c7ccccc7)cc6)nc(-c6ccc(-c7ccccc7)cc6)n5)cc4)c3)cc21. The number of nitrogens with zero attached hydrogens (tertiary/aromatic N) is 2. The molecule has 1 aromatic heterocycles. The van der Waals surface area contributed by atoms with Crippen molar-refractivity contribution in [3.63, 3.8) is 0 Å². The maximum Gasteiger partial charge on any atom is 0.160 e. The number of hydrogen-bond acceptors (Lipinski definition) is 2. The van der Waals surface area contributed by atoms with E-state index in [4.69, 9.17) is 9.97 Å². The molecular formula is C55H40N2. The van der Waals surface area contributed by atoms with Gasteiger partial charge in [-0.15, -0.1) is 0 Å². The van der Waals surface area contributed by atoms with Crippen LogP contribution in [0.1, 0.15) is 25.0 Å². The molecule has 0 N–H and O–H groups in total. The zero-order valence-corrected chi connectivity index (χ0v) is 32.0. The van der Waals surface area contributed by atoms with Crippen LogP contribution < -0.4 is 0 Å². The lowest BCUT2D eigenvalue weighted by molar-refractivity contribution is 0.660. The molecule has 1 aliphatic rings. The Morgan fingerprint density at radius 1 is 0.281 bits per heavy atom. The summed E-state index contributed by atoms with van der Waals surface area (Å²) >= 11 is 0. The van der Waals surface area contributed by atoms with Gasteiger partial charge in [0.25, 0.3) is 0 Å². The topological polar surface area (TPSA) is 25.8 Å². The summed E-state index contributed by atoms with van der Waals surface area (Å²) in [5.41, 5.74) is 19.8. The quantitative estimate of drug-likeness (QED) is 0.163. The lowest BCUT2D eigenvalue weighted by atomic mass is 9.81. The molecule has 57 heavy (non-hydrogen) atoms. The van der Waals surface area contributed by atoms with Gasteiger partial charge in [0.15, 0.2) is 5.82 Å². The second kappa shape index (κ2) is 14.2. The Morgan fingerprint density at radius 2 is 0.667 bits per heavy atom. The molecule has 0 saturated heterocycles. The van der Waals surface area contributed by atoms with Gasteiger partial charge in [0.1, 0.15) is 0 Å². The fraction of sp³-hybridized carbons (Fsp3) is 0.0545. The van der Waals surface area contributed by atoms with Gasteiger partial charge in [-0.3, -0.25) is 0 Å². The Morgan fingerprint density at radius 3 is 1.25 bits per heavy atom. The third-order valence-corrected chi connectivity index (χ3v) is 11.6. The average molecular weight is 729 g/mol. The van der Waals surface area contributed by atoms with Gasteiger partial charge in [-0.05, 0) is 85.0 Å². The Kier molecular flexibility index (Phi) is 8.53. The summed E-state index contributed by atoms with van der Waals surface area (Å²) in [7, 11) is 0. The van der Waals surface area contributed by atoms with E-state index in [1.54, 1.807) is 0 Å². The van der Waals surface area contributed by atoms with Crippen LogP contribution in [0.5, 0.6) is 0 Å². The minimum Gasteiger partial charge on any atom is -0.228 e. The molecule has 10 rings (SSSR count). The maximum atomic E-state index is 5.17. The van der Waals surface area contributed by atoms with Gasteiger partial charge in [-0.2, -0.15) is 0 Å². The van der Waals surface area contributed by atoms with Crippen molar-refractivity contribution in [2.45, 2.75) is 19.3 Å². The highest BCUT2D eigenvalue weighted by Crippen LogP contribution is 2.49. The first-order valence-electron chi connectivity index (χ1n) is 19.6. The molecule has 0 atom stereocenters. The molecule has 0 spiro atoms. The number of aromatic nitrogens is 2. The predicted octanol–water partition coefficient (Wildman–Crippen LogP) is 14.5. The van der Waals surface area contributed by atoms with E-state index >= 15 is 0 Å². The highest BCUT2D eigenvalue weighted by Gasteiger charge is 2.35. The van der Waals surface area contributed by atoms with E-state index in [-0.39, 0.29) is 5.41 Å². The number of hydrogen-bond donors (Lipinski definition) is 0. The monoisotopic (exact) mass is 728 g/mol. The minimum atomic E-state index is -0.0344. The summed E-state index contributed by atoms with van der Waals surface area (Å²) in [4.78, 5) is 10.3. The van der Waals surface area contributed by atoms with E-state index in [1.807, 2.05) is 12.1 Å². The number of rotatable bonds is 7. The zero-order valence-electron chi connectivity index (χ0n) is 32.0. The van der Waals surface area contributed by atoms with E-state index in [0.717, 1.165) is 39.2 Å². The average Bonchev–Trinajstić information content (AvgIpc) is 3.52. The maximum absolute atomic E-state index is 5.17. The molecule has 1 heterocycles.